The van der Waals surface area contributed by atoms with Gasteiger partial charge in [0.1, 0.15) is 11.6 Å². The predicted octanol–water partition coefficient (Wildman–Crippen LogP) is 2.62. The second kappa shape index (κ2) is 4.53. The van der Waals surface area contributed by atoms with E-state index in [4.69, 9.17) is 0 Å². The highest BCUT2D eigenvalue weighted by molar-refractivity contribution is 5.45. The van der Waals surface area contributed by atoms with Crippen molar-refractivity contribution in [3.8, 4) is 0 Å². The maximum Gasteiger partial charge on any atom is 0.146 e. The number of halogens is 2. The van der Waals surface area contributed by atoms with Crippen LogP contribution in [-0.2, 0) is 13.6 Å². The monoisotopic (exact) mass is 237 g/mol. The number of anilines is 1. The van der Waals surface area contributed by atoms with Gasteiger partial charge in [0.05, 0.1) is 11.4 Å². The largest absolute Gasteiger partial charge is 0.378 e. The summed E-state index contributed by atoms with van der Waals surface area (Å²) in [6, 6.07) is 3.34. The first-order valence-corrected chi connectivity index (χ1v) is 5.24. The molecule has 1 N–H and O–H groups in total. The first-order chi connectivity index (χ1) is 8.06. The minimum Gasteiger partial charge on any atom is -0.378 e. The highest BCUT2D eigenvalue weighted by atomic mass is 19.1. The van der Waals surface area contributed by atoms with Gasteiger partial charge < -0.3 is 5.32 Å². The fourth-order valence-electron chi connectivity index (χ4n) is 1.65. The molecule has 1 aromatic heterocycles. The maximum atomic E-state index is 13.3. The smallest absolute Gasteiger partial charge is 0.146 e. The number of hydrogen-bond donors (Lipinski definition) is 1. The van der Waals surface area contributed by atoms with Gasteiger partial charge in [0.2, 0.25) is 0 Å². The zero-order valence-corrected chi connectivity index (χ0v) is 9.67. The van der Waals surface area contributed by atoms with E-state index >= 15 is 0 Å². The average molecular weight is 237 g/mol. The highest BCUT2D eigenvalue weighted by Gasteiger charge is 2.06. The van der Waals surface area contributed by atoms with Crippen molar-refractivity contribution in [2.24, 2.45) is 7.05 Å². The van der Waals surface area contributed by atoms with Crippen molar-refractivity contribution < 1.29 is 8.78 Å². The minimum atomic E-state index is -0.465. The molecule has 0 bridgehead atoms. The van der Waals surface area contributed by atoms with Crippen LogP contribution in [0, 0.1) is 18.6 Å². The van der Waals surface area contributed by atoms with Gasteiger partial charge in [0.25, 0.3) is 0 Å². The molecule has 0 aliphatic carbocycles. The summed E-state index contributed by atoms with van der Waals surface area (Å²) in [6.07, 6.45) is 1.85. The lowest BCUT2D eigenvalue weighted by Crippen LogP contribution is -2.02. The van der Waals surface area contributed by atoms with E-state index in [0.29, 0.717) is 6.54 Å². The van der Waals surface area contributed by atoms with Gasteiger partial charge in [-0.3, -0.25) is 4.68 Å². The standard InChI is InChI=1S/C12H13F2N3/c1-8-9(7-17(2)16-8)6-15-12-5-10(13)3-4-11(12)14/h3-5,7,15H,6H2,1-2H3. The van der Waals surface area contributed by atoms with Crippen LogP contribution in [-0.4, -0.2) is 9.78 Å². The molecule has 90 valence electrons. The van der Waals surface area contributed by atoms with E-state index in [9.17, 15) is 8.78 Å². The van der Waals surface area contributed by atoms with Crippen LogP contribution in [0.25, 0.3) is 0 Å². The molecule has 2 aromatic rings. The van der Waals surface area contributed by atoms with Crippen LogP contribution >= 0.6 is 0 Å². The van der Waals surface area contributed by atoms with E-state index in [1.165, 1.54) is 0 Å². The molecule has 3 nitrogen and oxygen atoms in total. The number of aryl methyl sites for hydroxylation is 2. The molecule has 0 fully saturated rings. The fraction of sp³-hybridized carbons (Fsp3) is 0.250. The Hall–Kier alpha value is -1.91. The Labute approximate surface area is 98.1 Å². The minimum absolute atomic E-state index is 0.160. The number of benzene rings is 1. The molecular weight excluding hydrogens is 224 g/mol. The van der Waals surface area contributed by atoms with E-state index in [-0.39, 0.29) is 5.69 Å². The molecule has 1 heterocycles. The molecule has 0 atom stereocenters. The second-order valence-electron chi connectivity index (χ2n) is 3.89. The lowest BCUT2D eigenvalue weighted by atomic mass is 10.2. The van der Waals surface area contributed by atoms with Crippen molar-refractivity contribution >= 4 is 5.69 Å². The van der Waals surface area contributed by atoms with Crippen LogP contribution < -0.4 is 5.32 Å². The Morgan fingerprint density at radius 1 is 1.35 bits per heavy atom. The van der Waals surface area contributed by atoms with Gasteiger partial charge in [0.15, 0.2) is 0 Å². The Morgan fingerprint density at radius 3 is 2.76 bits per heavy atom. The summed E-state index contributed by atoms with van der Waals surface area (Å²) < 4.78 is 28.0. The third-order valence-electron chi connectivity index (χ3n) is 2.51. The van der Waals surface area contributed by atoms with Gasteiger partial charge in [-0.1, -0.05) is 0 Å². The van der Waals surface area contributed by atoms with Crippen molar-refractivity contribution in [3.05, 3.63) is 47.3 Å². The van der Waals surface area contributed by atoms with E-state index in [1.807, 2.05) is 20.2 Å². The first kappa shape index (κ1) is 11.6. The van der Waals surface area contributed by atoms with E-state index in [0.717, 1.165) is 29.5 Å². The van der Waals surface area contributed by atoms with Gasteiger partial charge >= 0.3 is 0 Å². The molecule has 0 spiro atoms. The topological polar surface area (TPSA) is 29.9 Å². The van der Waals surface area contributed by atoms with Crippen molar-refractivity contribution in [2.75, 3.05) is 5.32 Å². The van der Waals surface area contributed by atoms with Crippen molar-refractivity contribution in [2.45, 2.75) is 13.5 Å². The summed E-state index contributed by atoms with van der Waals surface area (Å²) in [5, 5.41) is 7.03. The third kappa shape index (κ3) is 2.61. The molecule has 17 heavy (non-hydrogen) atoms. The van der Waals surface area contributed by atoms with Crippen molar-refractivity contribution in [1.29, 1.82) is 0 Å². The maximum absolute atomic E-state index is 13.3. The summed E-state index contributed by atoms with van der Waals surface area (Å²) in [5.74, 6) is -0.926. The molecule has 1 aromatic carbocycles. The molecule has 5 heteroatoms. The number of hydrogen-bond acceptors (Lipinski definition) is 2. The number of aromatic nitrogens is 2. The Balaban J connectivity index is 2.12. The summed E-state index contributed by atoms with van der Waals surface area (Å²) in [4.78, 5) is 0. The molecule has 0 radical (unpaired) electrons. The van der Waals surface area contributed by atoms with E-state index in [2.05, 4.69) is 10.4 Å². The van der Waals surface area contributed by atoms with Gasteiger partial charge in [0, 0.05) is 25.4 Å². The predicted molar refractivity (Wildman–Crippen MR) is 61.6 cm³/mol. The average Bonchev–Trinajstić information content (AvgIpc) is 2.59. The second-order valence-corrected chi connectivity index (χ2v) is 3.89. The summed E-state index contributed by atoms with van der Waals surface area (Å²) in [5.41, 5.74) is 1.99. The lowest BCUT2D eigenvalue weighted by Gasteiger charge is -2.06. The van der Waals surface area contributed by atoms with Crippen LogP contribution in [0.1, 0.15) is 11.3 Å². The fourth-order valence-corrected chi connectivity index (χ4v) is 1.65. The van der Waals surface area contributed by atoms with Gasteiger partial charge in [-0.25, -0.2) is 8.78 Å². The van der Waals surface area contributed by atoms with Crippen molar-refractivity contribution in [1.82, 2.24) is 9.78 Å². The molecule has 0 unspecified atom stereocenters. The lowest BCUT2D eigenvalue weighted by molar-refractivity contribution is 0.602. The highest BCUT2D eigenvalue weighted by Crippen LogP contribution is 2.16. The zero-order valence-electron chi connectivity index (χ0n) is 9.67. The number of nitrogens with zero attached hydrogens (tertiary/aromatic N) is 2. The first-order valence-electron chi connectivity index (χ1n) is 5.24. The van der Waals surface area contributed by atoms with Crippen LogP contribution in [0.5, 0.6) is 0 Å². The Morgan fingerprint density at radius 2 is 2.12 bits per heavy atom. The Kier molecular flexibility index (Phi) is 3.08. The summed E-state index contributed by atoms with van der Waals surface area (Å²) >= 11 is 0. The van der Waals surface area contributed by atoms with Crippen LogP contribution in [0.4, 0.5) is 14.5 Å². The quantitative estimate of drug-likeness (QED) is 0.889. The van der Waals surface area contributed by atoms with Crippen LogP contribution in [0.15, 0.2) is 24.4 Å². The SMILES string of the molecule is Cc1nn(C)cc1CNc1cc(F)ccc1F. The van der Waals surface area contributed by atoms with E-state index in [1.54, 1.807) is 4.68 Å². The van der Waals surface area contributed by atoms with Crippen LogP contribution in [0.2, 0.25) is 0 Å². The molecule has 0 aliphatic rings. The van der Waals surface area contributed by atoms with Gasteiger partial charge in [-0.05, 0) is 25.1 Å². The molecule has 2 rings (SSSR count). The zero-order chi connectivity index (χ0) is 12.4. The molecular formula is C12H13F2N3. The van der Waals surface area contributed by atoms with Gasteiger partial charge in [-0.2, -0.15) is 5.10 Å². The van der Waals surface area contributed by atoms with Crippen LogP contribution in [0.3, 0.4) is 0 Å². The van der Waals surface area contributed by atoms with E-state index < -0.39 is 11.6 Å². The Bertz CT molecular complexity index is 535. The summed E-state index contributed by atoms with van der Waals surface area (Å²) in [7, 11) is 1.82. The molecule has 0 saturated heterocycles. The normalized spacial score (nSPS) is 10.6. The van der Waals surface area contributed by atoms with Crippen molar-refractivity contribution in [3.63, 3.8) is 0 Å². The van der Waals surface area contributed by atoms with Gasteiger partial charge in [-0.15, -0.1) is 0 Å². The number of rotatable bonds is 3. The molecule has 0 amide bonds. The molecule has 0 aliphatic heterocycles. The molecule has 0 saturated carbocycles. The summed E-state index contributed by atoms with van der Waals surface area (Å²) in [6.45, 7) is 2.29. The number of nitrogens with one attached hydrogen (secondary N) is 1. The third-order valence-corrected chi connectivity index (χ3v) is 2.51.